The Morgan fingerprint density at radius 3 is 3.00 bits per heavy atom. The first-order chi connectivity index (χ1) is 12.7. The first kappa shape index (κ1) is 17.0. The highest BCUT2D eigenvalue weighted by atomic mass is 32.1. The molecule has 3 aliphatic heterocycles. The van der Waals surface area contributed by atoms with E-state index in [2.05, 4.69) is 9.97 Å². The smallest absolute Gasteiger partial charge is 0.254 e. The van der Waals surface area contributed by atoms with Crippen LogP contribution in [0.1, 0.15) is 28.9 Å². The van der Waals surface area contributed by atoms with Gasteiger partial charge in [0.1, 0.15) is 0 Å². The molecule has 0 aliphatic carbocycles. The lowest BCUT2D eigenvalue weighted by atomic mass is 9.94. The molecule has 8 heteroatoms. The third kappa shape index (κ3) is 3.16. The molecule has 0 N–H and O–H groups in total. The summed E-state index contributed by atoms with van der Waals surface area (Å²) in [5, 5.41) is 1.97. The Morgan fingerprint density at radius 2 is 2.23 bits per heavy atom. The molecular formula is C18H20N4O3S. The molecule has 7 nitrogen and oxygen atoms in total. The molecule has 2 atom stereocenters. The van der Waals surface area contributed by atoms with Crippen LogP contribution in [0.15, 0.2) is 29.2 Å². The Labute approximate surface area is 155 Å². The maximum atomic E-state index is 13.0. The van der Waals surface area contributed by atoms with Crippen LogP contribution in [-0.2, 0) is 11.3 Å². The molecule has 5 rings (SSSR count). The summed E-state index contributed by atoms with van der Waals surface area (Å²) in [6.07, 6.45) is 3.32. The number of hydrogen-bond donors (Lipinski definition) is 0. The lowest BCUT2D eigenvalue weighted by Crippen LogP contribution is -2.47. The second-order valence-corrected chi connectivity index (χ2v) is 7.39. The SMILES string of the molecule is COc1cc(C(=O)N2C[C@H]3CC[C@@H](C2)N(Cc2cscn2)C3=O)ccn1. The number of carbonyl (C=O) groups is 2. The molecule has 2 aromatic rings. The van der Waals surface area contributed by atoms with E-state index in [-0.39, 0.29) is 23.8 Å². The van der Waals surface area contributed by atoms with E-state index in [1.807, 2.05) is 10.3 Å². The van der Waals surface area contributed by atoms with Gasteiger partial charge in [-0.2, -0.15) is 0 Å². The molecule has 0 radical (unpaired) electrons. The van der Waals surface area contributed by atoms with E-state index in [9.17, 15) is 9.59 Å². The molecule has 3 aliphatic rings. The molecule has 0 aromatic carbocycles. The standard InChI is InChI=1S/C18H20N4O3S/c1-25-16-6-12(4-5-19-16)17(23)21-7-13-2-3-15(9-21)22(18(13)24)8-14-10-26-11-20-14/h4-6,10-11,13,15H,2-3,7-9H2,1H3/t13-,15+/m1/s1. The topological polar surface area (TPSA) is 75.6 Å². The van der Waals surface area contributed by atoms with Crippen LogP contribution in [0.5, 0.6) is 5.88 Å². The molecule has 26 heavy (non-hydrogen) atoms. The van der Waals surface area contributed by atoms with E-state index in [0.717, 1.165) is 18.5 Å². The minimum atomic E-state index is -0.139. The summed E-state index contributed by atoms with van der Waals surface area (Å²) in [6, 6.07) is 3.37. The van der Waals surface area contributed by atoms with E-state index in [4.69, 9.17) is 4.74 Å². The van der Waals surface area contributed by atoms with Crippen LogP contribution in [0.4, 0.5) is 0 Å². The van der Waals surface area contributed by atoms with Crippen molar-refractivity contribution in [3.8, 4) is 5.88 Å². The van der Waals surface area contributed by atoms with Gasteiger partial charge in [-0.25, -0.2) is 9.97 Å². The zero-order valence-electron chi connectivity index (χ0n) is 14.5. The summed E-state index contributed by atoms with van der Waals surface area (Å²) < 4.78 is 5.11. The van der Waals surface area contributed by atoms with Crippen molar-refractivity contribution in [2.45, 2.75) is 25.4 Å². The predicted molar refractivity (Wildman–Crippen MR) is 95.9 cm³/mol. The zero-order valence-corrected chi connectivity index (χ0v) is 15.3. The minimum Gasteiger partial charge on any atom is -0.481 e. The van der Waals surface area contributed by atoms with Crippen molar-refractivity contribution in [2.75, 3.05) is 20.2 Å². The fourth-order valence-electron chi connectivity index (χ4n) is 3.74. The van der Waals surface area contributed by atoms with Crippen molar-refractivity contribution in [1.29, 1.82) is 0 Å². The van der Waals surface area contributed by atoms with Crippen molar-refractivity contribution in [3.05, 3.63) is 40.5 Å². The number of carbonyl (C=O) groups excluding carboxylic acids is 2. The number of piperidine rings is 1. The van der Waals surface area contributed by atoms with Gasteiger partial charge in [0.25, 0.3) is 5.91 Å². The Morgan fingerprint density at radius 1 is 1.35 bits per heavy atom. The van der Waals surface area contributed by atoms with Gasteiger partial charge in [0.15, 0.2) is 0 Å². The predicted octanol–water partition coefficient (Wildman–Crippen LogP) is 1.81. The molecule has 136 valence electrons. The van der Waals surface area contributed by atoms with E-state index in [1.54, 1.807) is 28.7 Å². The number of hydrogen-bond acceptors (Lipinski definition) is 6. The molecule has 3 fully saturated rings. The highest BCUT2D eigenvalue weighted by Gasteiger charge is 2.42. The van der Waals surface area contributed by atoms with E-state index in [1.165, 1.54) is 18.4 Å². The lowest BCUT2D eigenvalue weighted by Gasteiger charge is -2.35. The van der Waals surface area contributed by atoms with Gasteiger partial charge in [0.2, 0.25) is 11.8 Å². The van der Waals surface area contributed by atoms with Crippen LogP contribution < -0.4 is 4.74 Å². The average Bonchev–Trinajstić information content (AvgIpc) is 3.04. The van der Waals surface area contributed by atoms with Crippen molar-refractivity contribution < 1.29 is 14.3 Å². The van der Waals surface area contributed by atoms with Crippen LogP contribution in [0.2, 0.25) is 0 Å². The maximum absolute atomic E-state index is 13.0. The average molecular weight is 372 g/mol. The van der Waals surface area contributed by atoms with E-state index < -0.39 is 0 Å². The third-order valence-electron chi connectivity index (χ3n) is 5.09. The fraction of sp³-hybridized carbons (Fsp3) is 0.444. The quantitative estimate of drug-likeness (QED) is 0.818. The van der Waals surface area contributed by atoms with Crippen molar-refractivity contribution in [3.63, 3.8) is 0 Å². The highest BCUT2D eigenvalue weighted by molar-refractivity contribution is 7.07. The lowest BCUT2D eigenvalue weighted by molar-refractivity contribution is -0.140. The molecule has 2 aromatic heterocycles. The van der Waals surface area contributed by atoms with Crippen molar-refractivity contribution in [1.82, 2.24) is 19.8 Å². The minimum absolute atomic E-state index is 0.0376. The number of amides is 2. The van der Waals surface area contributed by atoms with Gasteiger partial charge < -0.3 is 14.5 Å². The summed E-state index contributed by atoms with van der Waals surface area (Å²) in [6.45, 7) is 1.54. The van der Waals surface area contributed by atoms with E-state index in [0.29, 0.717) is 31.1 Å². The summed E-state index contributed by atoms with van der Waals surface area (Å²) in [7, 11) is 1.53. The van der Waals surface area contributed by atoms with E-state index >= 15 is 0 Å². The van der Waals surface area contributed by atoms with Gasteiger partial charge in [-0.3, -0.25) is 9.59 Å². The van der Waals surface area contributed by atoms with Crippen LogP contribution in [-0.4, -0.2) is 57.8 Å². The molecule has 2 amide bonds. The number of rotatable bonds is 4. The van der Waals surface area contributed by atoms with Gasteiger partial charge >= 0.3 is 0 Å². The second kappa shape index (κ2) is 7.03. The Hall–Kier alpha value is -2.48. The number of ether oxygens (including phenoxy) is 1. The summed E-state index contributed by atoms with van der Waals surface area (Å²) in [5.74, 6) is 0.331. The molecule has 3 saturated heterocycles. The molecule has 5 heterocycles. The number of fused-ring (bicyclic) bond motifs is 4. The molecule has 0 unspecified atom stereocenters. The first-order valence-corrected chi connectivity index (χ1v) is 9.57. The van der Waals surface area contributed by atoms with Gasteiger partial charge in [0.05, 0.1) is 30.8 Å². The number of aromatic nitrogens is 2. The second-order valence-electron chi connectivity index (χ2n) is 6.67. The molecular weight excluding hydrogens is 352 g/mol. The Bertz CT molecular complexity index is 811. The highest BCUT2D eigenvalue weighted by Crippen LogP contribution is 2.31. The van der Waals surface area contributed by atoms with Gasteiger partial charge in [-0.05, 0) is 18.9 Å². The summed E-state index contributed by atoms with van der Waals surface area (Å²) >= 11 is 1.53. The van der Waals surface area contributed by atoms with Crippen molar-refractivity contribution >= 4 is 23.2 Å². The summed E-state index contributed by atoms with van der Waals surface area (Å²) in [5.41, 5.74) is 3.23. The molecule has 2 bridgehead atoms. The maximum Gasteiger partial charge on any atom is 0.254 e. The zero-order chi connectivity index (χ0) is 18.1. The van der Waals surface area contributed by atoms with Crippen LogP contribution in [0, 0.1) is 5.92 Å². The summed E-state index contributed by atoms with van der Waals surface area (Å²) in [4.78, 5) is 37.9. The first-order valence-electron chi connectivity index (χ1n) is 8.62. The Kier molecular flexibility index (Phi) is 4.58. The van der Waals surface area contributed by atoms with Gasteiger partial charge in [0, 0.05) is 42.3 Å². The van der Waals surface area contributed by atoms with Crippen LogP contribution >= 0.6 is 11.3 Å². The number of thiazole rings is 1. The van der Waals surface area contributed by atoms with Crippen LogP contribution in [0.25, 0.3) is 0 Å². The molecule has 0 spiro atoms. The van der Waals surface area contributed by atoms with Crippen LogP contribution in [0.3, 0.4) is 0 Å². The van der Waals surface area contributed by atoms with Gasteiger partial charge in [-0.15, -0.1) is 11.3 Å². The van der Waals surface area contributed by atoms with Crippen molar-refractivity contribution in [2.24, 2.45) is 5.92 Å². The number of nitrogens with zero attached hydrogens (tertiary/aromatic N) is 4. The number of methoxy groups -OCH3 is 1. The Balaban J connectivity index is 1.55. The van der Waals surface area contributed by atoms with Gasteiger partial charge in [-0.1, -0.05) is 0 Å². The monoisotopic (exact) mass is 372 g/mol. The fourth-order valence-corrected chi connectivity index (χ4v) is 4.29. The third-order valence-corrected chi connectivity index (χ3v) is 5.72. The number of pyridine rings is 1. The largest absolute Gasteiger partial charge is 0.481 e. The normalized spacial score (nSPS) is 22.4. The molecule has 0 saturated carbocycles.